The van der Waals surface area contributed by atoms with E-state index in [4.69, 9.17) is 0 Å². The monoisotopic (exact) mass is 257 g/mol. The SMILES string of the molecule is CC.CC.CCCCC1(CC)CCCN(C)C1C. The maximum atomic E-state index is 2.56. The molecule has 1 heteroatoms. The summed E-state index contributed by atoms with van der Waals surface area (Å²) in [4.78, 5) is 2.56. The maximum absolute atomic E-state index is 2.56. The zero-order valence-electron chi connectivity index (χ0n) is 14.5. The highest BCUT2D eigenvalue weighted by Gasteiger charge is 2.38. The van der Waals surface area contributed by atoms with Crippen LogP contribution in [0.15, 0.2) is 0 Å². The molecule has 112 valence electrons. The van der Waals surface area contributed by atoms with Crippen molar-refractivity contribution in [3.8, 4) is 0 Å². The van der Waals surface area contributed by atoms with Crippen LogP contribution in [0.2, 0.25) is 0 Å². The minimum atomic E-state index is 0.628. The van der Waals surface area contributed by atoms with Gasteiger partial charge in [0.2, 0.25) is 0 Å². The molecule has 0 amide bonds. The molecule has 2 unspecified atom stereocenters. The van der Waals surface area contributed by atoms with E-state index in [0.717, 1.165) is 6.04 Å². The van der Waals surface area contributed by atoms with Crippen molar-refractivity contribution in [1.29, 1.82) is 0 Å². The molecule has 1 aliphatic heterocycles. The van der Waals surface area contributed by atoms with Gasteiger partial charge in [-0.15, -0.1) is 0 Å². The standard InChI is InChI=1S/C13H27N.2C2H6/c1-5-7-9-13(6-2)10-8-11-14(4)12(13)3;2*1-2/h12H,5-11H2,1-4H3;2*1-2H3. The van der Waals surface area contributed by atoms with Crippen LogP contribution in [0.5, 0.6) is 0 Å². The molecular formula is C17H39N. The second kappa shape index (κ2) is 12.0. The van der Waals surface area contributed by atoms with Gasteiger partial charge in [-0.25, -0.2) is 0 Å². The normalized spacial score (nSPS) is 27.7. The van der Waals surface area contributed by atoms with Crippen molar-refractivity contribution >= 4 is 0 Å². The molecule has 18 heavy (non-hydrogen) atoms. The Balaban J connectivity index is 0. The molecule has 0 aliphatic carbocycles. The average molecular weight is 258 g/mol. The molecule has 0 aromatic heterocycles. The van der Waals surface area contributed by atoms with E-state index >= 15 is 0 Å². The van der Waals surface area contributed by atoms with Gasteiger partial charge < -0.3 is 4.90 Å². The fourth-order valence-electron chi connectivity index (χ4n) is 3.06. The molecule has 1 aliphatic rings. The van der Waals surface area contributed by atoms with Crippen molar-refractivity contribution in [3.05, 3.63) is 0 Å². The summed E-state index contributed by atoms with van der Waals surface area (Å²) in [6.07, 6.45) is 8.40. The van der Waals surface area contributed by atoms with Gasteiger partial charge in [0, 0.05) is 6.04 Å². The Bertz CT molecular complexity index is 167. The molecule has 1 heterocycles. The summed E-state index contributed by atoms with van der Waals surface area (Å²) in [5, 5.41) is 0. The highest BCUT2D eigenvalue weighted by molar-refractivity contribution is 4.91. The van der Waals surface area contributed by atoms with Crippen molar-refractivity contribution in [3.63, 3.8) is 0 Å². The minimum Gasteiger partial charge on any atom is -0.303 e. The lowest BCUT2D eigenvalue weighted by Crippen LogP contribution is -2.48. The molecule has 1 saturated heterocycles. The summed E-state index contributed by atoms with van der Waals surface area (Å²) >= 11 is 0. The molecule has 1 rings (SSSR count). The van der Waals surface area contributed by atoms with E-state index in [-0.39, 0.29) is 0 Å². The predicted octanol–water partition coefficient (Wildman–Crippen LogP) is 5.74. The molecule has 0 bridgehead atoms. The van der Waals surface area contributed by atoms with Crippen LogP contribution in [-0.4, -0.2) is 24.5 Å². The van der Waals surface area contributed by atoms with Gasteiger partial charge in [-0.2, -0.15) is 0 Å². The second-order valence-electron chi connectivity index (χ2n) is 5.08. The highest BCUT2D eigenvalue weighted by Crippen LogP contribution is 2.42. The predicted molar refractivity (Wildman–Crippen MR) is 86.3 cm³/mol. The van der Waals surface area contributed by atoms with Crippen molar-refractivity contribution < 1.29 is 0 Å². The van der Waals surface area contributed by atoms with Crippen LogP contribution in [0.4, 0.5) is 0 Å². The number of hydrogen-bond acceptors (Lipinski definition) is 1. The lowest BCUT2D eigenvalue weighted by atomic mass is 9.69. The van der Waals surface area contributed by atoms with Crippen LogP contribution in [0, 0.1) is 5.41 Å². The van der Waals surface area contributed by atoms with Crippen molar-refractivity contribution in [2.24, 2.45) is 5.41 Å². The Morgan fingerprint density at radius 2 is 1.67 bits per heavy atom. The Morgan fingerprint density at radius 3 is 2.11 bits per heavy atom. The average Bonchev–Trinajstić information content (AvgIpc) is 2.45. The zero-order valence-corrected chi connectivity index (χ0v) is 14.5. The van der Waals surface area contributed by atoms with E-state index in [1.165, 1.54) is 45.1 Å². The molecule has 0 saturated carbocycles. The van der Waals surface area contributed by atoms with Crippen LogP contribution < -0.4 is 0 Å². The van der Waals surface area contributed by atoms with Crippen LogP contribution in [-0.2, 0) is 0 Å². The molecule has 1 nitrogen and oxygen atoms in total. The van der Waals surface area contributed by atoms with Gasteiger partial charge in [0.05, 0.1) is 0 Å². The number of piperidine rings is 1. The first kappa shape index (κ1) is 20.3. The molecule has 0 radical (unpaired) electrons. The van der Waals surface area contributed by atoms with Gasteiger partial charge in [-0.1, -0.05) is 54.4 Å². The Hall–Kier alpha value is -0.0400. The lowest BCUT2D eigenvalue weighted by Gasteiger charge is -2.47. The first-order valence-electron chi connectivity index (χ1n) is 8.36. The number of hydrogen-bond donors (Lipinski definition) is 0. The van der Waals surface area contributed by atoms with E-state index in [1.54, 1.807) is 0 Å². The molecule has 0 aromatic rings. The topological polar surface area (TPSA) is 3.24 Å². The van der Waals surface area contributed by atoms with Crippen LogP contribution >= 0.6 is 0 Å². The Labute approximate surface area is 117 Å². The largest absolute Gasteiger partial charge is 0.303 e. The first-order chi connectivity index (χ1) is 8.66. The van der Waals surface area contributed by atoms with E-state index in [0.29, 0.717) is 5.41 Å². The summed E-state index contributed by atoms with van der Waals surface area (Å²) in [7, 11) is 2.29. The van der Waals surface area contributed by atoms with Gasteiger partial charge in [-0.3, -0.25) is 0 Å². The van der Waals surface area contributed by atoms with E-state index in [1.807, 2.05) is 27.7 Å². The van der Waals surface area contributed by atoms with Gasteiger partial charge in [0.15, 0.2) is 0 Å². The quantitative estimate of drug-likeness (QED) is 0.621. The summed E-state index contributed by atoms with van der Waals surface area (Å²) in [5.74, 6) is 0. The van der Waals surface area contributed by atoms with Crippen LogP contribution in [0.3, 0.4) is 0 Å². The summed E-state index contributed by atoms with van der Waals surface area (Å²) in [6, 6.07) is 0.785. The molecule has 0 aromatic carbocycles. The summed E-state index contributed by atoms with van der Waals surface area (Å²) in [6.45, 7) is 16.4. The van der Waals surface area contributed by atoms with Crippen molar-refractivity contribution in [2.75, 3.05) is 13.6 Å². The zero-order chi connectivity index (χ0) is 14.6. The third-order valence-electron chi connectivity index (χ3n) is 4.47. The fraction of sp³-hybridized carbons (Fsp3) is 1.00. The van der Waals surface area contributed by atoms with Crippen LogP contribution in [0.1, 0.15) is 87.0 Å². The van der Waals surface area contributed by atoms with Gasteiger partial charge in [-0.05, 0) is 51.6 Å². The fourth-order valence-corrected chi connectivity index (χ4v) is 3.06. The molecule has 0 N–H and O–H groups in total. The van der Waals surface area contributed by atoms with Crippen molar-refractivity contribution in [2.45, 2.75) is 93.0 Å². The van der Waals surface area contributed by atoms with E-state index < -0.39 is 0 Å². The van der Waals surface area contributed by atoms with Gasteiger partial charge in [0.1, 0.15) is 0 Å². The molecule has 2 atom stereocenters. The van der Waals surface area contributed by atoms with E-state index in [2.05, 4.69) is 32.7 Å². The number of nitrogens with zero attached hydrogens (tertiary/aromatic N) is 1. The number of likely N-dealkylation sites (tertiary alicyclic amines) is 1. The molecule has 1 fully saturated rings. The lowest BCUT2D eigenvalue weighted by molar-refractivity contribution is 0.0286. The maximum Gasteiger partial charge on any atom is 0.0120 e. The van der Waals surface area contributed by atoms with Gasteiger partial charge >= 0.3 is 0 Å². The Morgan fingerprint density at radius 1 is 1.11 bits per heavy atom. The highest BCUT2D eigenvalue weighted by atomic mass is 15.1. The number of rotatable bonds is 4. The third-order valence-corrected chi connectivity index (χ3v) is 4.47. The van der Waals surface area contributed by atoms with Crippen molar-refractivity contribution in [1.82, 2.24) is 4.90 Å². The van der Waals surface area contributed by atoms with E-state index in [9.17, 15) is 0 Å². The first-order valence-corrected chi connectivity index (χ1v) is 8.36. The summed E-state index contributed by atoms with van der Waals surface area (Å²) in [5.41, 5.74) is 0.628. The second-order valence-corrected chi connectivity index (χ2v) is 5.08. The molecular weight excluding hydrogens is 218 g/mol. The van der Waals surface area contributed by atoms with Crippen LogP contribution in [0.25, 0.3) is 0 Å². The third kappa shape index (κ3) is 5.73. The Kier molecular flexibility index (Phi) is 13.5. The smallest absolute Gasteiger partial charge is 0.0120 e. The summed E-state index contributed by atoms with van der Waals surface area (Å²) < 4.78 is 0. The number of unbranched alkanes of at least 4 members (excludes halogenated alkanes) is 1. The van der Waals surface area contributed by atoms with Gasteiger partial charge in [0.25, 0.3) is 0 Å². The molecule has 0 spiro atoms. The minimum absolute atomic E-state index is 0.628.